The first-order valence-corrected chi connectivity index (χ1v) is 11.5. The standard InChI is InChI=1S/C21H40N6O.2ClH/c1-22-11-15-26(16-12-22)24-7-3-19(4-8-24)21(28)20-5-9-25(10-6-20)27-17-13-23(2)14-18-27;;/h19-20H,3-18H2,1-2H3;2*1H. The van der Waals surface area contributed by atoms with Crippen LogP contribution in [0.15, 0.2) is 0 Å². The molecule has 0 aliphatic carbocycles. The zero-order valence-corrected chi connectivity index (χ0v) is 20.5. The molecule has 4 heterocycles. The Bertz CT molecular complexity index is 466. The molecule has 0 aromatic rings. The first-order valence-electron chi connectivity index (χ1n) is 11.5. The molecule has 9 heteroatoms. The number of piperazine rings is 2. The van der Waals surface area contributed by atoms with Crippen LogP contribution in [0.2, 0.25) is 0 Å². The molecule has 0 aromatic carbocycles. The maximum Gasteiger partial charge on any atom is 0.139 e. The second-order valence-corrected chi connectivity index (χ2v) is 9.37. The second kappa shape index (κ2) is 12.3. The number of likely N-dealkylation sites (N-methyl/N-ethyl adjacent to an activating group) is 2. The minimum absolute atomic E-state index is 0. The molecule has 4 fully saturated rings. The van der Waals surface area contributed by atoms with Gasteiger partial charge in [-0.25, -0.2) is 20.0 Å². The van der Waals surface area contributed by atoms with Gasteiger partial charge in [-0.1, -0.05) is 0 Å². The highest BCUT2D eigenvalue weighted by Crippen LogP contribution is 2.28. The molecule has 0 spiro atoms. The number of carbonyl (C=O) groups excluding carboxylic acids is 1. The lowest BCUT2D eigenvalue weighted by Crippen LogP contribution is -2.56. The highest BCUT2D eigenvalue weighted by molar-refractivity contribution is 5.85. The van der Waals surface area contributed by atoms with E-state index in [9.17, 15) is 4.79 Å². The van der Waals surface area contributed by atoms with Gasteiger partial charge in [0.15, 0.2) is 0 Å². The van der Waals surface area contributed by atoms with Crippen LogP contribution in [0, 0.1) is 11.8 Å². The molecule has 0 amide bonds. The van der Waals surface area contributed by atoms with Gasteiger partial charge in [-0.3, -0.25) is 4.79 Å². The zero-order chi connectivity index (χ0) is 19.5. The summed E-state index contributed by atoms with van der Waals surface area (Å²) in [7, 11) is 4.41. The maximum atomic E-state index is 13.1. The van der Waals surface area contributed by atoms with Crippen molar-refractivity contribution < 1.29 is 4.79 Å². The monoisotopic (exact) mass is 464 g/mol. The normalized spacial score (nSPS) is 28.1. The third-order valence-electron chi connectivity index (χ3n) is 7.51. The molecule has 0 bridgehead atoms. The lowest BCUT2D eigenvalue weighted by Gasteiger charge is -2.45. The van der Waals surface area contributed by atoms with Gasteiger partial charge >= 0.3 is 0 Å². The molecule has 30 heavy (non-hydrogen) atoms. The molecule has 4 aliphatic rings. The zero-order valence-electron chi connectivity index (χ0n) is 18.9. The molecule has 0 radical (unpaired) electrons. The van der Waals surface area contributed by atoms with E-state index in [0.29, 0.717) is 17.6 Å². The van der Waals surface area contributed by atoms with Crippen LogP contribution in [0.5, 0.6) is 0 Å². The minimum atomic E-state index is 0. The van der Waals surface area contributed by atoms with Crippen LogP contribution in [0.1, 0.15) is 25.7 Å². The molecular formula is C21H42Cl2N6O. The van der Waals surface area contributed by atoms with Gasteiger partial charge < -0.3 is 9.80 Å². The van der Waals surface area contributed by atoms with Crippen LogP contribution < -0.4 is 0 Å². The number of hydrogen-bond donors (Lipinski definition) is 0. The molecular weight excluding hydrogens is 423 g/mol. The summed E-state index contributed by atoms with van der Waals surface area (Å²) in [6.07, 6.45) is 4.24. The summed E-state index contributed by atoms with van der Waals surface area (Å²) in [6.45, 7) is 13.5. The van der Waals surface area contributed by atoms with Gasteiger partial charge in [0, 0.05) is 90.4 Å². The van der Waals surface area contributed by atoms with E-state index in [4.69, 9.17) is 0 Å². The van der Waals surface area contributed by atoms with Gasteiger partial charge in [0.05, 0.1) is 0 Å². The lowest BCUT2D eigenvalue weighted by molar-refractivity contribution is -0.136. The average molecular weight is 466 g/mol. The Morgan fingerprint density at radius 1 is 0.500 bits per heavy atom. The van der Waals surface area contributed by atoms with E-state index >= 15 is 0 Å². The smallest absolute Gasteiger partial charge is 0.139 e. The van der Waals surface area contributed by atoms with Gasteiger partial charge in [0.25, 0.3) is 0 Å². The van der Waals surface area contributed by atoms with Crippen molar-refractivity contribution in [1.82, 2.24) is 29.8 Å². The predicted molar refractivity (Wildman–Crippen MR) is 126 cm³/mol. The number of halogens is 2. The molecule has 0 N–H and O–H groups in total. The quantitative estimate of drug-likeness (QED) is 0.617. The molecule has 4 aliphatic heterocycles. The van der Waals surface area contributed by atoms with Crippen molar-refractivity contribution in [3.8, 4) is 0 Å². The van der Waals surface area contributed by atoms with Crippen molar-refractivity contribution in [3.05, 3.63) is 0 Å². The highest BCUT2D eigenvalue weighted by atomic mass is 35.5. The molecule has 7 nitrogen and oxygen atoms in total. The fraction of sp³-hybridized carbons (Fsp3) is 0.952. The van der Waals surface area contributed by atoms with Crippen LogP contribution in [0.3, 0.4) is 0 Å². The van der Waals surface area contributed by atoms with Crippen LogP contribution in [0.25, 0.3) is 0 Å². The van der Waals surface area contributed by atoms with Crippen LogP contribution in [-0.2, 0) is 4.79 Å². The first kappa shape index (κ1) is 26.3. The summed E-state index contributed by atoms with van der Waals surface area (Å²) >= 11 is 0. The Morgan fingerprint density at radius 3 is 1.07 bits per heavy atom. The third kappa shape index (κ3) is 6.51. The maximum absolute atomic E-state index is 13.1. The number of piperidine rings is 2. The van der Waals surface area contributed by atoms with E-state index in [-0.39, 0.29) is 24.8 Å². The Kier molecular flexibility index (Phi) is 10.8. The van der Waals surface area contributed by atoms with Crippen molar-refractivity contribution in [2.24, 2.45) is 11.8 Å². The van der Waals surface area contributed by atoms with Crippen LogP contribution in [-0.4, -0.2) is 128 Å². The Hall–Kier alpha value is 0.01000. The molecule has 176 valence electrons. The highest BCUT2D eigenvalue weighted by Gasteiger charge is 2.35. The van der Waals surface area contributed by atoms with E-state index in [1.165, 1.54) is 0 Å². The molecule has 0 unspecified atom stereocenters. The summed E-state index contributed by atoms with van der Waals surface area (Å²) in [5.41, 5.74) is 0. The van der Waals surface area contributed by atoms with Crippen molar-refractivity contribution in [2.45, 2.75) is 25.7 Å². The predicted octanol–water partition coefficient (Wildman–Crippen LogP) is 1.15. The number of carbonyl (C=O) groups is 1. The van der Waals surface area contributed by atoms with Crippen molar-refractivity contribution in [3.63, 3.8) is 0 Å². The fourth-order valence-corrected chi connectivity index (χ4v) is 5.36. The number of hydrogen-bond acceptors (Lipinski definition) is 7. The number of ketones is 1. The second-order valence-electron chi connectivity index (χ2n) is 9.37. The van der Waals surface area contributed by atoms with Gasteiger partial charge in [0.1, 0.15) is 5.78 Å². The molecule has 0 saturated carbocycles. The number of Topliss-reactive ketones (excluding diaryl/α,β-unsaturated/α-hetero) is 1. The summed E-state index contributed by atoms with van der Waals surface area (Å²) < 4.78 is 0. The van der Waals surface area contributed by atoms with Crippen LogP contribution in [0.4, 0.5) is 0 Å². The minimum Gasteiger partial charge on any atom is -0.304 e. The summed E-state index contributed by atoms with van der Waals surface area (Å²) in [5.74, 6) is 1.20. The van der Waals surface area contributed by atoms with E-state index in [2.05, 4.69) is 43.9 Å². The SMILES string of the molecule is CN1CCN(N2CCC(C(=O)C3CCN(N4CCN(C)CC4)CC3)CC2)CC1.Cl.Cl. The van der Waals surface area contributed by atoms with Crippen molar-refractivity contribution >= 4 is 30.6 Å². The number of nitrogens with zero attached hydrogens (tertiary/aromatic N) is 6. The Balaban J connectivity index is 0.00000160. The van der Waals surface area contributed by atoms with E-state index in [1.807, 2.05) is 0 Å². The third-order valence-corrected chi connectivity index (χ3v) is 7.51. The van der Waals surface area contributed by atoms with E-state index in [1.54, 1.807) is 0 Å². The molecule has 4 saturated heterocycles. The van der Waals surface area contributed by atoms with Gasteiger partial charge in [-0.15, -0.1) is 24.8 Å². The van der Waals surface area contributed by atoms with Gasteiger partial charge in [-0.05, 0) is 39.8 Å². The van der Waals surface area contributed by atoms with Crippen molar-refractivity contribution in [2.75, 3.05) is 92.6 Å². The molecule has 0 aromatic heterocycles. The Labute approximate surface area is 195 Å². The summed E-state index contributed by atoms with van der Waals surface area (Å²) in [4.78, 5) is 17.9. The first-order chi connectivity index (χ1) is 13.6. The average Bonchev–Trinajstić information content (AvgIpc) is 2.75. The van der Waals surface area contributed by atoms with Crippen LogP contribution >= 0.6 is 24.8 Å². The summed E-state index contributed by atoms with van der Waals surface area (Å²) in [6, 6.07) is 0. The number of rotatable bonds is 4. The van der Waals surface area contributed by atoms with Gasteiger partial charge in [0.2, 0.25) is 0 Å². The van der Waals surface area contributed by atoms with Gasteiger partial charge in [-0.2, -0.15) is 0 Å². The lowest BCUT2D eigenvalue weighted by atomic mass is 9.82. The van der Waals surface area contributed by atoms with Crippen molar-refractivity contribution in [1.29, 1.82) is 0 Å². The summed E-state index contributed by atoms with van der Waals surface area (Å²) in [5, 5.41) is 10.1. The Morgan fingerprint density at radius 2 is 0.767 bits per heavy atom. The molecule has 4 rings (SSSR count). The van der Waals surface area contributed by atoms with E-state index < -0.39 is 0 Å². The molecule has 0 atom stereocenters. The number of hydrazine groups is 2. The fourth-order valence-electron chi connectivity index (χ4n) is 5.36. The van der Waals surface area contributed by atoms with E-state index in [0.717, 1.165) is 104 Å². The topological polar surface area (TPSA) is 36.5 Å². The largest absolute Gasteiger partial charge is 0.304 e.